The van der Waals surface area contributed by atoms with E-state index in [1.165, 1.54) is 12.1 Å². The molecule has 1 aromatic carbocycles. The van der Waals surface area contributed by atoms with Crippen LogP contribution in [-0.4, -0.2) is 124 Å². The Morgan fingerprint density at radius 3 is 2.48 bits per heavy atom. The van der Waals surface area contributed by atoms with Gasteiger partial charge in [-0.2, -0.15) is 0 Å². The number of morpholine rings is 1. The summed E-state index contributed by atoms with van der Waals surface area (Å²) in [5, 5.41) is 20.1. The second kappa shape index (κ2) is 14.1. The molecular formula is C35H48FN5O7. The average Bonchev–Trinajstić information content (AvgIpc) is 3.27. The fourth-order valence-corrected chi connectivity index (χ4v) is 6.84. The van der Waals surface area contributed by atoms with Gasteiger partial charge in [-0.3, -0.25) is 24.4 Å². The van der Waals surface area contributed by atoms with Crippen LogP contribution in [0.1, 0.15) is 64.1 Å². The zero-order chi connectivity index (χ0) is 35.0. The normalized spacial score (nSPS) is 23.2. The smallest absolute Gasteiger partial charge is 0.410 e. The van der Waals surface area contributed by atoms with Gasteiger partial charge in [-0.05, 0) is 63.4 Å². The summed E-state index contributed by atoms with van der Waals surface area (Å²) in [7, 11) is 0. The SMILES string of the molecule is C[C@@H]1CN(CC(=O)N2CC(C)(C)c3nc(CO)c(Cc4ccc(F)cc4)cc32)[C@@H](CN2CCOC[C@H]2C(=O)O)CN1C(=O)OC(C)(C)C. The van der Waals surface area contributed by atoms with Gasteiger partial charge >= 0.3 is 12.1 Å². The first-order chi connectivity index (χ1) is 22.6. The first kappa shape index (κ1) is 35.7. The summed E-state index contributed by atoms with van der Waals surface area (Å²) >= 11 is 0. The molecule has 4 heterocycles. The van der Waals surface area contributed by atoms with Gasteiger partial charge < -0.3 is 29.5 Å². The number of piperazine rings is 1. The number of carboxylic acids is 1. The number of amides is 2. The van der Waals surface area contributed by atoms with Crippen LogP contribution in [0.15, 0.2) is 30.3 Å². The molecule has 1 aromatic heterocycles. The third-order valence-corrected chi connectivity index (χ3v) is 9.31. The number of pyridine rings is 1. The molecule has 3 aliphatic rings. The molecular weight excluding hydrogens is 621 g/mol. The molecule has 2 fully saturated rings. The molecule has 48 heavy (non-hydrogen) atoms. The van der Waals surface area contributed by atoms with E-state index in [2.05, 4.69) is 0 Å². The summed E-state index contributed by atoms with van der Waals surface area (Å²) < 4.78 is 24.7. The predicted octanol–water partition coefficient (Wildman–Crippen LogP) is 3.02. The largest absolute Gasteiger partial charge is 0.480 e. The van der Waals surface area contributed by atoms with Crippen LogP contribution in [0.3, 0.4) is 0 Å². The number of aliphatic carboxylic acids is 1. The van der Waals surface area contributed by atoms with E-state index in [9.17, 15) is 29.0 Å². The van der Waals surface area contributed by atoms with Gasteiger partial charge in [-0.1, -0.05) is 26.0 Å². The summed E-state index contributed by atoms with van der Waals surface area (Å²) in [5.74, 6) is -1.46. The van der Waals surface area contributed by atoms with Crippen molar-refractivity contribution in [3.05, 3.63) is 58.7 Å². The maximum absolute atomic E-state index is 14.3. The van der Waals surface area contributed by atoms with E-state index < -0.39 is 29.1 Å². The van der Waals surface area contributed by atoms with Crippen LogP contribution in [0, 0.1) is 5.82 Å². The summed E-state index contributed by atoms with van der Waals surface area (Å²) in [6.45, 7) is 13.4. The molecule has 262 valence electrons. The molecule has 5 rings (SSSR count). The topological polar surface area (TPSA) is 136 Å². The van der Waals surface area contributed by atoms with Crippen molar-refractivity contribution >= 4 is 23.7 Å². The molecule has 0 aliphatic carbocycles. The lowest BCUT2D eigenvalue weighted by atomic mass is 9.90. The van der Waals surface area contributed by atoms with Crippen molar-refractivity contribution in [3.63, 3.8) is 0 Å². The van der Waals surface area contributed by atoms with E-state index in [0.29, 0.717) is 50.6 Å². The number of anilines is 1. The van der Waals surface area contributed by atoms with Crippen molar-refractivity contribution in [1.29, 1.82) is 0 Å². The Morgan fingerprint density at radius 1 is 1.12 bits per heavy atom. The van der Waals surface area contributed by atoms with Gasteiger partial charge in [-0.25, -0.2) is 9.18 Å². The molecule has 3 atom stereocenters. The number of carbonyl (C=O) groups is 3. The van der Waals surface area contributed by atoms with Crippen LogP contribution >= 0.6 is 0 Å². The maximum atomic E-state index is 14.3. The summed E-state index contributed by atoms with van der Waals surface area (Å²) in [5.41, 5.74) is 2.36. The number of carbonyl (C=O) groups excluding carboxylic acids is 2. The minimum Gasteiger partial charge on any atom is -0.480 e. The first-order valence-electron chi connectivity index (χ1n) is 16.5. The molecule has 13 heteroatoms. The number of ether oxygens (including phenoxy) is 2. The van der Waals surface area contributed by atoms with Crippen molar-refractivity contribution in [2.75, 3.05) is 57.4 Å². The molecule has 0 radical (unpaired) electrons. The van der Waals surface area contributed by atoms with Gasteiger partial charge in [0.15, 0.2) is 0 Å². The van der Waals surface area contributed by atoms with Crippen LogP contribution < -0.4 is 4.90 Å². The number of hydrogen-bond donors (Lipinski definition) is 2. The monoisotopic (exact) mass is 669 g/mol. The van der Waals surface area contributed by atoms with Crippen LogP contribution in [0.5, 0.6) is 0 Å². The predicted molar refractivity (Wildman–Crippen MR) is 176 cm³/mol. The fourth-order valence-electron chi connectivity index (χ4n) is 6.84. The fraction of sp³-hybridized carbons (Fsp3) is 0.600. The van der Waals surface area contributed by atoms with Crippen LogP contribution in [0.25, 0.3) is 0 Å². The number of aliphatic hydroxyl groups is 1. The molecule has 2 amide bonds. The number of hydrogen-bond acceptors (Lipinski definition) is 9. The van der Waals surface area contributed by atoms with Crippen LogP contribution in [-0.2, 0) is 37.5 Å². The van der Waals surface area contributed by atoms with E-state index in [1.807, 2.05) is 57.4 Å². The Labute approximate surface area is 281 Å². The molecule has 12 nitrogen and oxygen atoms in total. The van der Waals surface area contributed by atoms with Crippen molar-refractivity contribution in [2.24, 2.45) is 0 Å². The van der Waals surface area contributed by atoms with Gasteiger partial charge in [0, 0.05) is 50.2 Å². The minimum atomic E-state index is -0.979. The first-order valence-corrected chi connectivity index (χ1v) is 16.5. The van der Waals surface area contributed by atoms with E-state index in [1.54, 1.807) is 21.9 Å². The van der Waals surface area contributed by atoms with E-state index in [0.717, 1.165) is 16.8 Å². The van der Waals surface area contributed by atoms with Gasteiger partial charge in [-0.15, -0.1) is 0 Å². The molecule has 0 spiro atoms. The lowest BCUT2D eigenvalue weighted by Crippen LogP contribution is -2.65. The van der Waals surface area contributed by atoms with Crippen molar-refractivity contribution in [1.82, 2.24) is 19.7 Å². The van der Waals surface area contributed by atoms with Crippen LogP contribution in [0.2, 0.25) is 0 Å². The third-order valence-electron chi connectivity index (χ3n) is 9.31. The zero-order valence-electron chi connectivity index (χ0n) is 28.7. The Balaban J connectivity index is 1.42. The highest BCUT2D eigenvalue weighted by Crippen LogP contribution is 2.41. The van der Waals surface area contributed by atoms with E-state index in [-0.39, 0.29) is 50.1 Å². The lowest BCUT2D eigenvalue weighted by molar-refractivity contribution is -0.151. The van der Waals surface area contributed by atoms with E-state index in [4.69, 9.17) is 14.5 Å². The second-order valence-corrected chi connectivity index (χ2v) is 14.8. The molecule has 3 aliphatic heterocycles. The molecule has 0 saturated carbocycles. The lowest BCUT2D eigenvalue weighted by Gasteiger charge is -2.47. The highest BCUT2D eigenvalue weighted by Gasteiger charge is 2.44. The summed E-state index contributed by atoms with van der Waals surface area (Å²) in [6, 6.07) is 6.64. The highest BCUT2D eigenvalue weighted by molar-refractivity contribution is 5.97. The summed E-state index contributed by atoms with van der Waals surface area (Å²) in [6.07, 6.45) is -0.0347. The number of benzene rings is 1. The third kappa shape index (κ3) is 7.96. The Bertz CT molecular complexity index is 1510. The quantitative estimate of drug-likeness (QED) is 0.432. The van der Waals surface area contributed by atoms with E-state index >= 15 is 0 Å². The Morgan fingerprint density at radius 2 is 1.83 bits per heavy atom. The highest BCUT2D eigenvalue weighted by atomic mass is 19.1. The van der Waals surface area contributed by atoms with Gasteiger partial charge in [0.2, 0.25) is 5.91 Å². The molecule has 2 N–H and O–H groups in total. The van der Waals surface area contributed by atoms with Crippen molar-refractivity contribution in [2.45, 2.75) is 83.7 Å². The standard InChI is InChI=1S/C35H48FN5O7/c1-22-15-39(26(17-40(22)33(46)48-34(2,3)4)16-38-11-12-47-20-29(38)32(44)45)18-30(43)41-21-35(5,6)31-28(41)14-24(27(19-42)37-31)13-23-7-9-25(36)10-8-23/h7-10,14,22,26,29,42H,11-13,15-21H2,1-6H3,(H,44,45)/t22-,26+,29+/m1/s1. The number of halogens is 1. The number of fused-ring (bicyclic) bond motifs is 1. The van der Waals surface area contributed by atoms with Crippen LogP contribution in [0.4, 0.5) is 14.9 Å². The maximum Gasteiger partial charge on any atom is 0.410 e. The molecule has 0 unspecified atom stereocenters. The number of carboxylic acid groups (broad SMARTS) is 1. The van der Waals surface area contributed by atoms with Gasteiger partial charge in [0.1, 0.15) is 17.5 Å². The van der Waals surface area contributed by atoms with Gasteiger partial charge in [0.05, 0.1) is 43.4 Å². The van der Waals surface area contributed by atoms with Crippen molar-refractivity contribution in [3.8, 4) is 0 Å². The second-order valence-electron chi connectivity index (χ2n) is 14.8. The number of aliphatic hydroxyl groups excluding tert-OH is 1. The van der Waals surface area contributed by atoms with Crippen molar-refractivity contribution < 1.29 is 38.5 Å². The molecule has 2 aromatic rings. The van der Waals surface area contributed by atoms with Gasteiger partial charge in [0.25, 0.3) is 0 Å². The zero-order valence-corrected chi connectivity index (χ0v) is 28.7. The Kier molecular flexibility index (Phi) is 10.4. The number of nitrogens with zero attached hydrogens (tertiary/aromatic N) is 5. The summed E-state index contributed by atoms with van der Waals surface area (Å²) in [4.78, 5) is 51.8. The molecule has 2 saturated heterocycles. The minimum absolute atomic E-state index is 0.0454. The average molecular weight is 670 g/mol. The Hall–Kier alpha value is -3.65. The number of aromatic nitrogens is 1. The molecule has 0 bridgehead atoms. The number of rotatable bonds is 8.